The molecule has 1 heterocycles. The molecule has 1 aliphatic heterocycles. The van der Waals surface area contributed by atoms with E-state index in [-0.39, 0.29) is 11.8 Å². The fourth-order valence-corrected chi connectivity index (χ4v) is 5.07. The summed E-state index contributed by atoms with van der Waals surface area (Å²) in [5.74, 6) is 2.91. The van der Waals surface area contributed by atoms with Gasteiger partial charge in [-0.05, 0) is 30.5 Å². The first-order valence-electron chi connectivity index (χ1n) is 6.47. The minimum absolute atomic E-state index is 0.199. The summed E-state index contributed by atoms with van der Waals surface area (Å²) in [5, 5.41) is 3.05. The van der Waals surface area contributed by atoms with Gasteiger partial charge in [0.15, 0.2) is 0 Å². The number of hydrogen-bond acceptors (Lipinski definition) is 3. The highest BCUT2D eigenvalue weighted by Gasteiger charge is 2.25. The number of carbonyl (C=O) groups excluding carboxylic acids is 1. The molecule has 1 aromatic carbocycles. The number of nitrogens with one attached hydrogen (secondary N) is 1. The molecule has 0 atom stereocenters. The Hall–Kier alpha value is -0.610. The molecule has 1 saturated heterocycles. The number of benzene rings is 1. The molecule has 96 valence electrons. The lowest BCUT2D eigenvalue weighted by molar-refractivity contribution is -0.122. The molecule has 0 spiro atoms. The third kappa shape index (κ3) is 2.69. The maximum atomic E-state index is 11.9. The van der Waals surface area contributed by atoms with Crippen molar-refractivity contribution in [2.45, 2.75) is 23.8 Å². The Morgan fingerprint density at radius 2 is 2.00 bits per heavy atom. The fourth-order valence-electron chi connectivity index (χ4n) is 2.23. The SMILES string of the molecule is O=C(Nc1cccc(C2SCCS2)c1)C1CCC1. The van der Waals surface area contributed by atoms with E-state index in [1.165, 1.54) is 23.5 Å². The molecule has 1 amide bonds. The summed E-state index contributed by atoms with van der Waals surface area (Å²) >= 11 is 3.99. The highest BCUT2D eigenvalue weighted by Crippen LogP contribution is 2.45. The zero-order chi connectivity index (χ0) is 12.4. The van der Waals surface area contributed by atoms with E-state index in [9.17, 15) is 4.79 Å². The molecule has 0 aromatic heterocycles. The van der Waals surface area contributed by atoms with Crippen LogP contribution in [0, 0.1) is 5.92 Å². The van der Waals surface area contributed by atoms with Crippen molar-refractivity contribution >= 4 is 35.1 Å². The molecular formula is C14H17NOS2. The Morgan fingerprint density at radius 1 is 1.22 bits per heavy atom. The smallest absolute Gasteiger partial charge is 0.227 e. The van der Waals surface area contributed by atoms with Crippen LogP contribution < -0.4 is 5.32 Å². The molecule has 4 heteroatoms. The van der Waals surface area contributed by atoms with Gasteiger partial charge in [-0.2, -0.15) is 0 Å². The van der Waals surface area contributed by atoms with Crippen LogP contribution in [0.3, 0.4) is 0 Å². The Balaban J connectivity index is 1.68. The molecule has 2 nitrogen and oxygen atoms in total. The average molecular weight is 279 g/mol. The van der Waals surface area contributed by atoms with Gasteiger partial charge < -0.3 is 5.32 Å². The molecule has 1 aliphatic carbocycles. The lowest BCUT2D eigenvalue weighted by atomic mass is 9.85. The van der Waals surface area contributed by atoms with E-state index < -0.39 is 0 Å². The van der Waals surface area contributed by atoms with Crippen LogP contribution >= 0.6 is 23.5 Å². The Labute approximate surface area is 116 Å². The van der Waals surface area contributed by atoms with Crippen LogP contribution in [0.5, 0.6) is 0 Å². The van der Waals surface area contributed by atoms with Gasteiger partial charge in [0.05, 0.1) is 4.58 Å². The number of amides is 1. The summed E-state index contributed by atoms with van der Waals surface area (Å²) < 4.78 is 0.547. The Morgan fingerprint density at radius 3 is 2.67 bits per heavy atom. The third-order valence-electron chi connectivity index (χ3n) is 3.52. The van der Waals surface area contributed by atoms with Crippen molar-refractivity contribution < 1.29 is 4.79 Å². The van der Waals surface area contributed by atoms with Gasteiger partial charge in [-0.3, -0.25) is 4.79 Å². The van der Waals surface area contributed by atoms with Gasteiger partial charge in [-0.1, -0.05) is 18.6 Å². The van der Waals surface area contributed by atoms with Gasteiger partial charge in [-0.25, -0.2) is 0 Å². The second-order valence-electron chi connectivity index (χ2n) is 4.82. The number of thioether (sulfide) groups is 2. The monoisotopic (exact) mass is 279 g/mol. The standard InChI is InChI=1S/C14H17NOS2/c16-13(10-3-1-4-10)15-12-6-2-5-11(9-12)14-17-7-8-18-14/h2,5-6,9-10,14H,1,3-4,7-8H2,(H,15,16). The number of hydrogen-bond donors (Lipinski definition) is 1. The van der Waals surface area contributed by atoms with E-state index in [1.807, 2.05) is 35.7 Å². The summed E-state index contributed by atoms with van der Waals surface area (Å²) in [5.41, 5.74) is 2.28. The molecule has 2 fully saturated rings. The van der Waals surface area contributed by atoms with Crippen molar-refractivity contribution in [1.29, 1.82) is 0 Å². The van der Waals surface area contributed by atoms with E-state index in [0.29, 0.717) is 4.58 Å². The highest BCUT2D eigenvalue weighted by atomic mass is 32.2. The van der Waals surface area contributed by atoms with Gasteiger partial charge in [0.2, 0.25) is 5.91 Å². The minimum atomic E-state index is 0.199. The van der Waals surface area contributed by atoms with Gasteiger partial charge in [0.1, 0.15) is 0 Å². The molecule has 0 radical (unpaired) electrons. The van der Waals surface area contributed by atoms with E-state index in [2.05, 4.69) is 17.4 Å². The highest BCUT2D eigenvalue weighted by molar-refractivity contribution is 8.19. The lowest BCUT2D eigenvalue weighted by Crippen LogP contribution is -2.28. The molecule has 1 N–H and O–H groups in total. The molecule has 18 heavy (non-hydrogen) atoms. The van der Waals surface area contributed by atoms with Gasteiger partial charge >= 0.3 is 0 Å². The van der Waals surface area contributed by atoms with Crippen LogP contribution in [0.1, 0.15) is 29.4 Å². The van der Waals surface area contributed by atoms with Crippen LogP contribution in [0.25, 0.3) is 0 Å². The van der Waals surface area contributed by atoms with E-state index in [4.69, 9.17) is 0 Å². The zero-order valence-electron chi connectivity index (χ0n) is 10.2. The van der Waals surface area contributed by atoms with E-state index in [0.717, 1.165) is 18.5 Å². The lowest BCUT2D eigenvalue weighted by Gasteiger charge is -2.24. The summed E-state index contributed by atoms with van der Waals surface area (Å²) in [6.45, 7) is 0. The van der Waals surface area contributed by atoms with Crippen LogP contribution in [-0.2, 0) is 4.79 Å². The first kappa shape index (κ1) is 12.4. The molecule has 1 aromatic rings. The van der Waals surface area contributed by atoms with Gasteiger partial charge in [-0.15, -0.1) is 23.5 Å². The Bertz CT molecular complexity index is 439. The summed E-state index contributed by atoms with van der Waals surface area (Å²) in [4.78, 5) is 11.9. The van der Waals surface area contributed by atoms with Crippen LogP contribution in [0.15, 0.2) is 24.3 Å². The average Bonchev–Trinajstić information content (AvgIpc) is 2.80. The molecule has 3 rings (SSSR count). The minimum Gasteiger partial charge on any atom is -0.326 e. The maximum Gasteiger partial charge on any atom is 0.227 e. The van der Waals surface area contributed by atoms with Crippen molar-refractivity contribution in [2.75, 3.05) is 16.8 Å². The predicted octanol–water partition coefficient (Wildman–Crippen LogP) is 3.90. The third-order valence-corrected chi connectivity index (χ3v) is 6.63. The molecule has 0 bridgehead atoms. The molecule has 0 unspecified atom stereocenters. The van der Waals surface area contributed by atoms with Crippen molar-refractivity contribution in [3.8, 4) is 0 Å². The topological polar surface area (TPSA) is 29.1 Å². The first-order chi connectivity index (χ1) is 8.83. The van der Waals surface area contributed by atoms with Gasteiger partial charge in [0, 0.05) is 23.1 Å². The zero-order valence-corrected chi connectivity index (χ0v) is 11.9. The Kier molecular flexibility index (Phi) is 3.85. The normalized spacial score (nSPS) is 20.7. The largest absolute Gasteiger partial charge is 0.326 e. The number of rotatable bonds is 3. The number of carbonyl (C=O) groups is 1. The first-order valence-corrected chi connectivity index (χ1v) is 8.57. The quantitative estimate of drug-likeness (QED) is 0.909. The molecule has 2 aliphatic rings. The second-order valence-corrected chi connectivity index (χ2v) is 7.54. The van der Waals surface area contributed by atoms with Crippen LogP contribution in [0.2, 0.25) is 0 Å². The van der Waals surface area contributed by atoms with Crippen molar-refractivity contribution in [3.63, 3.8) is 0 Å². The fraction of sp³-hybridized carbons (Fsp3) is 0.500. The van der Waals surface area contributed by atoms with Crippen LogP contribution in [-0.4, -0.2) is 17.4 Å². The van der Waals surface area contributed by atoms with Gasteiger partial charge in [0.25, 0.3) is 0 Å². The molecule has 1 saturated carbocycles. The van der Waals surface area contributed by atoms with Crippen molar-refractivity contribution in [3.05, 3.63) is 29.8 Å². The van der Waals surface area contributed by atoms with E-state index >= 15 is 0 Å². The summed E-state index contributed by atoms with van der Waals surface area (Å²) in [6, 6.07) is 8.33. The van der Waals surface area contributed by atoms with E-state index in [1.54, 1.807) is 0 Å². The maximum absolute atomic E-state index is 11.9. The number of anilines is 1. The van der Waals surface area contributed by atoms with Crippen LogP contribution in [0.4, 0.5) is 5.69 Å². The van der Waals surface area contributed by atoms with Crippen molar-refractivity contribution in [1.82, 2.24) is 0 Å². The van der Waals surface area contributed by atoms with Crippen molar-refractivity contribution in [2.24, 2.45) is 5.92 Å². The second kappa shape index (κ2) is 5.57. The predicted molar refractivity (Wildman–Crippen MR) is 80.1 cm³/mol. The summed E-state index contributed by atoms with van der Waals surface area (Å²) in [7, 11) is 0. The summed E-state index contributed by atoms with van der Waals surface area (Å²) in [6.07, 6.45) is 3.31. The molecular weight excluding hydrogens is 262 g/mol.